The highest BCUT2D eigenvalue weighted by molar-refractivity contribution is 6.41. The number of hydrogen-bond acceptors (Lipinski definition) is 0. The van der Waals surface area contributed by atoms with Gasteiger partial charge in [0.05, 0.1) is 10.0 Å². The maximum absolute atomic E-state index is 10.3. The summed E-state index contributed by atoms with van der Waals surface area (Å²) in [4.78, 5) is 0. The average molecular weight is 176 g/mol. The molecule has 0 saturated heterocycles. The minimum atomic E-state index is -0.253. The van der Waals surface area contributed by atoms with E-state index in [1.807, 2.05) is 0 Å². The number of rotatable bonds is 1. The standard InChI is InChI=1S/C7H5Cl2O/c8-6-2-1-5(4-10)3-7(6)9/h1-3H,4H2. The van der Waals surface area contributed by atoms with E-state index in [-0.39, 0.29) is 6.61 Å². The van der Waals surface area contributed by atoms with Crippen LogP contribution in [-0.2, 0) is 11.7 Å². The largest absolute Gasteiger partial charge is 0.232 e. The Morgan fingerprint density at radius 3 is 2.40 bits per heavy atom. The summed E-state index contributed by atoms with van der Waals surface area (Å²) >= 11 is 11.2. The predicted octanol–water partition coefficient (Wildman–Crippen LogP) is 2.92. The summed E-state index contributed by atoms with van der Waals surface area (Å²) in [5.74, 6) is 0. The van der Waals surface area contributed by atoms with Gasteiger partial charge in [-0.05, 0) is 17.7 Å². The third-order valence-electron chi connectivity index (χ3n) is 1.15. The maximum atomic E-state index is 10.3. The second kappa shape index (κ2) is 3.24. The zero-order valence-electron chi connectivity index (χ0n) is 5.10. The smallest absolute Gasteiger partial charge is 0.107 e. The lowest BCUT2D eigenvalue weighted by Gasteiger charge is -1.96. The molecule has 0 bridgehead atoms. The molecule has 53 valence electrons. The van der Waals surface area contributed by atoms with Crippen LogP contribution >= 0.6 is 23.2 Å². The molecule has 0 aromatic heterocycles. The fourth-order valence-electron chi connectivity index (χ4n) is 0.629. The summed E-state index contributed by atoms with van der Waals surface area (Å²) in [6.07, 6.45) is 0. The lowest BCUT2D eigenvalue weighted by atomic mass is 10.2. The molecule has 0 aliphatic heterocycles. The zero-order chi connectivity index (χ0) is 7.56. The van der Waals surface area contributed by atoms with Crippen LogP contribution in [0.3, 0.4) is 0 Å². The third kappa shape index (κ3) is 1.63. The van der Waals surface area contributed by atoms with Crippen LogP contribution in [0.25, 0.3) is 0 Å². The molecule has 0 unspecified atom stereocenters. The summed E-state index contributed by atoms with van der Waals surface area (Å²) in [6, 6.07) is 4.87. The van der Waals surface area contributed by atoms with E-state index in [9.17, 15) is 5.11 Å². The predicted molar refractivity (Wildman–Crippen MR) is 40.9 cm³/mol. The Hall–Kier alpha value is -0.240. The van der Waals surface area contributed by atoms with Crippen molar-refractivity contribution < 1.29 is 5.11 Å². The van der Waals surface area contributed by atoms with Crippen LogP contribution in [0.15, 0.2) is 18.2 Å². The Morgan fingerprint density at radius 2 is 1.90 bits per heavy atom. The van der Waals surface area contributed by atoms with Gasteiger partial charge in [0.25, 0.3) is 0 Å². The Balaban J connectivity index is 3.04. The van der Waals surface area contributed by atoms with Gasteiger partial charge in [-0.25, -0.2) is 5.11 Å². The Bertz CT molecular complexity index is 235. The zero-order valence-corrected chi connectivity index (χ0v) is 6.62. The molecule has 1 aromatic carbocycles. The molecule has 1 nitrogen and oxygen atoms in total. The Kier molecular flexibility index (Phi) is 2.55. The minimum Gasteiger partial charge on any atom is -0.232 e. The highest BCUT2D eigenvalue weighted by Gasteiger charge is 1.97. The lowest BCUT2D eigenvalue weighted by Crippen LogP contribution is -1.79. The molecule has 10 heavy (non-hydrogen) atoms. The van der Waals surface area contributed by atoms with Gasteiger partial charge in [-0.15, -0.1) is 0 Å². The lowest BCUT2D eigenvalue weighted by molar-refractivity contribution is 0.177. The summed E-state index contributed by atoms with van der Waals surface area (Å²) < 4.78 is 0. The van der Waals surface area contributed by atoms with Gasteiger partial charge in [-0.2, -0.15) is 0 Å². The number of benzene rings is 1. The molecular formula is C7H5Cl2O. The Labute approximate surface area is 69.2 Å². The molecule has 3 heteroatoms. The van der Waals surface area contributed by atoms with E-state index in [2.05, 4.69) is 0 Å². The summed E-state index contributed by atoms with van der Waals surface area (Å²) in [5.41, 5.74) is 0.661. The van der Waals surface area contributed by atoms with E-state index in [1.165, 1.54) is 0 Å². The fourth-order valence-corrected chi connectivity index (χ4v) is 0.950. The molecule has 0 spiro atoms. The molecule has 0 fully saturated rings. The summed E-state index contributed by atoms with van der Waals surface area (Å²) in [6.45, 7) is -0.253. The molecule has 1 aromatic rings. The average Bonchev–Trinajstić information content (AvgIpc) is 1.95. The topological polar surface area (TPSA) is 19.9 Å². The molecule has 0 N–H and O–H groups in total. The van der Waals surface area contributed by atoms with Crippen molar-refractivity contribution in [3.8, 4) is 0 Å². The van der Waals surface area contributed by atoms with E-state index in [4.69, 9.17) is 23.2 Å². The monoisotopic (exact) mass is 175 g/mol. The maximum Gasteiger partial charge on any atom is 0.107 e. The highest BCUT2D eigenvalue weighted by atomic mass is 35.5. The van der Waals surface area contributed by atoms with Crippen molar-refractivity contribution >= 4 is 23.2 Å². The first kappa shape index (κ1) is 7.86. The Morgan fingerprint density at radius 1 is 1.20 bits per heavy atom. The SMILES string of the molecule is [O]Cc1ccc(Cl)c(Cl)c1. The van der Waals surface area contributed by atoms with Gasteiger partial charge in [0.15, 0.2) is 0 Å². The minimum absolute atomic E-state index is 0.253. The van der Waals surface area contributed by atoms with E-state index < -0.39 is 0 Å². The van der Waals surface area contributed by atoms with Gasteiger partial charge >= 0.3 is 0 Å². The molecular weight excluding hydrogens is 171 g/mol. The number of hydrogen-bond donors (Lipinski definition) is 0. The van der Waals surface area contributed by atoms with Crippen molar-refractivity contribution in [2.24, 2.45) is 0 Å². The second-order valence-electron chi connectivity index (χ2n) is 1.89. The molecule has 0 amide bonds. The van der Waals surface area contributed by atoms with Crippen molar-refractivity contribution in [3.63, 3.8) is 0 Å². The van der Waals surface area contributed by atoms with E-state index in [1.54, 1.807) is 18.2 Å². The van der Waals surface area contributed by atoms with Crippen LogP contribution in [-0.4, -0.2) is 0 Å². The highest BCUT2D eigenvalue weighted by Crippen LogP contribution is 2.22. The van der Waals surface area contributed by atoms with Gasteiger partial charge < -0.3 is 0 Å². The van der Waals surface area contributed by atoms with Crippen molar-refractivity contribution in [2.45, 2.75) is 6.61 Å². The van der Waals surface area contributed by atoms with Crippen LogP contribution in [0.4, 0.5) is 0 Å². The molecule has 0 aliphatic carbocycles. The normalized spacial score (nSPS) is 9.90. The first-order valence-electron chi connectivity index (χ1n) is 2.76. The van der Waals surface area contributed by atoms with Gasteiger partial charge in [0, 0.05) is 0 Å². The van der Waals surface area contributed by atoms with Crippen molar-refractivity contribution in [1.29, 1.82) is 0 Å². The molecule has 0 heterocycles. The quantitative estimate of drug-likeness (QED) is 0.626. The fraction of sp³-hybridized carbons (Fsp3) is 0.143. The van der Waals surface area contributed by atoms with E-state index in [0.717, 1.165) is 0 Å². The second-order valence-corrected chi connectivity index (χ2v) is 2.71. The molecule has 0 saturated carbocycles. The first-order chi connectivity index (χ1) is 4.74. The van der Waals surface area contributed by atoms with Gasteiger partial charge in [-0.1, -0.05) is 29.3 Å². The third-order valence-corrected chi connectivity index (χ3v) is 1.89. The molecule has 1 rings (SSSR count). The van der Waals surface area contributed by atoms with Crippen LogP contribution in [0.2, 0.25) is 10.0 Å². The van der Waals surface area contributed by atoms with Crippen LogP contribution in [0.5, 0.6) is 0 Å². The van der Waals surface area contributed by atoms with Crippen molar-refractivity contribution in [2.75, 3.05) is 0 Å². The number of halogens is 2. The van der Waals surface area contributed by atoms with Gasteiger partial charge in [0.1, 0.15) is 6.61 Å². The van der Waals surface area contributed by atoms with Crippen LogP contribution in [0.1, 0.15) is 5.56 Å². The first-order valence-corrected chi connectivity index (χ1v) is 3.51. The van der Waals surface area contributed by atoms with Crippen molar-refractivity contribution in [1.82, 2.24) is 0 Å². The van der Waals surface area contributed by atoms with E-state index >= 15 is 0 Å². The van der Waals surface area contributed by atoms with Crippen molar-refractivity contribution in [3.05, 3.63) is 33.8 Å². The van der Waals surface area contributed by atoms with Crippen LogP contribution < -0.4 is 0 Å². The summed E-state index contributed by atoms with van der Waals surface area (Å²) in [5, 5.41) is 11.2. The van der Waals surface area contributed by atoms with E-state index in [0.29, 0.717) is 15.6 Å². The molecule has 0 atom stereocenters. The van der Waals surface area contributed by atoms with Crippen LogP contribution in [0, 0.1) is 0 Å². The van der Waals surface area contributed by atoms with Gasteiger partial charge in [0.2, 0.25) is 0 Å². The van der Waals surface area contributed by atoms with Gasteiger partial charge in [-0.3, -0.25) is 0 Å². The summed E-state index contributed by atoms with van der Waals surface area (Å²) in [7, 11) is 0. The molecule has 0 aliphatic rings. The molecule has 1 radical (unpaired) electrons.